The van der Waals surface area contributed by atoms with Gasteiger partial charge in [-0.15, -0.1) is 11.3 Å². The maximum atomic E-state index is 6.15. The first-order valence-corrected chi connectivity index (χ1v) is 7.43. The molecule has 96 valence electrons. The molecule has 2 rings (SSSR count). The molecule has 1 atom stereocenters. The fourth-order valence-electron chi connectivity index (χ4n) is 2.32. The van der Waals surface area contributed by atoms with Crippen molar-refractivity contribution in [3.05, 3.63) is 20.3 Å². The Bertz CT molecular complexity index is 403. The number of nitrogens with zero attached hydrogens (tertiary/aromatic N) is 1. The zero-order valence-corrected chi connectivity index (χ0v) is 12.5. The van der Waals surface area contributed by atoms with Crippen LogP contribution in [-0.2, 0) is 6.54 Å². The second-order valence-corrected chi connectivity index (χ2v) is 7.30. The summed E-state index contributed by atoms with van der Waals surface area (Å²) in [6, 6.07) is 0.292. The van der Waals surface area contributed by atoms with Gasteiger partial charge in [0.2, 0.25) is 0 Å². The third-order valence-electron chi connectivity index (χ3n) is 3.54. The molecular formula is C12H18Cl2N2S. The predicted molar refractivity (Wildman–Crippen MR) is 76.0 cm³/mol. The topological polar surface area (TPSA) is 29.3 Å². The van der Waals surface area contributed by atoms with Crippen molar-refractivity contribution in [1.82, 2.24) is 4.90 Å². The van der Waals surface area contributed by atoms with E-state index in [0.717, 1.165) is 31.6 Å². The lowest BCUT2D eigenvalue weighted by molar-refractivity contribution is 0.0900. The molecule has 5 heteroatoms. The smallest absolute Gasteiger partial charge is 0.112 e. The van der Waals surface area contributed by atoms with Crippen LogP contribution in [0.3, 0.4) is 0 Å². The van der Waals surface area contributed by atoms with E-state index in [1.54, 1.807) is 0 Å². The maximum absolute atomic E-state index is 6.15. The fraction of sp³-hybridized carbons (Fsp3) is 0.667. The first kappa shape index (κ1) is 13.6. The highest BCUT2D eigenvalue weighted by molar-refractivity contribution is 7.15. The summed E-state index contributed by atoms with van der Waals surface area (Å²) in [7, 11) is 0. The first-order valence-electron chi connectivity index (χ1n) is 5.79. The number of halogens is 2. The summed E-state index contributed by atoms with van der Waals surface area (Å²) < 4.78 is 0.689. The van der Waals surface area contributed by atoms with Crippen molar-refractivity contribution >= 4 is 34.5 Å². The standard InChI is InChI=1S/C12H18Cl2N2S/c1-12(2)7-16(4-3-9(12)15)5-8-6-17-11(14)10(8)13/h6,9H,3-5,7,15H2,1-2H3. The molecule has 0 aromatic carbocycles. The minimum Gasteiger partial charge on any atom is -0.327 e. The molecule has 1 aromatic heterocycles. The molecule has 0 saturated carbocycles. The molecule has 1 fully saturated rings. The highest BCUT2D eigenvalue weighted by Gasteiger charge is 2.33. The molecule has 2 heterocycles. The fourth-order valence-corrected chi connectivity index (χ4v) is 3.56. The van der Waals surface area contributed by atoms with E-state index in [-0.39, 0.29) is 5.41 Å². The number of thiophene rings is 1. The zero-order chi connectivity index (χ0) is 12.6. The predicted octanol–water partition coefficient (Wildman–Crippen LogP) is 3.61. The average molecular weight is 293 g/mol. The lowest BCUT2D eigenvalue weighted by atomic mass is 9.79. The van der Waals surface area contributed by atoms with Gasteiger partial charge >= 0.3 is 0 Å². The van der Waals surface area contributed by atoms with Crippen LogP contribution >= 0.6 is 34.5 Å². The summed E-state index contributed by atoms with van der Waals surface area (Å²) in [5.41, 5.74) is 7.43. The minimum atomic E-state index is 0.171. The van der Waals surface area contributed by atoms with E-state index in [4.69, 9.17) is 28.9 Å². The second kappa shape index (κ2) is 5.06. The molecule has 2 N–H and O–H groups in total. The van der Waals surface area contributed by atoms with Crippen LogP contribution in [-0.4, -0.2) is 24.0 Å². The van der Waals surface area contributed by atoms with E-state index in [1.165, 1.54) is 11.3 Å². The second-order valence-electron chi connectivity index (χ2n) is 5.44. The molecular weight excluding hydrogens is 275 g/mol. The van der Waals surface area contributed by atoms with Crippen LogP contribution in [0.4, 0.5) is 0 Å². The molecule has 0 spiro atoms. The van der Waals surface area contributed by atoms with E-state index in [1.807, 2.05) is 5.38 Å². The van der Waals surface area contributed by atoms with Gasteiger partial charge in [-0.2, -0.15) is 0 Å². The Kier molecular flexibility index (Phi) is 4.06. The monoisotopic (exact) mass is 292 g/mol. The van der Waals surface area contributed by atoms with Gasteiger partial charge < -0.3 is 5.73 Å². The van der Waals surface area contributed by atoms with E-state index < -0.39 is 0 Å². The van der Waals surface area contributed by atoms with Gasteiger partial charge in [0.05, 0.1) is 5.02 Å². The third kappa shape index (κ3) is 2.96. The van der Waals surface area contributed by atoms with Crippen molar-refractivity contribution in [1.29, 1.82) is 0 Å². The number of likely N-dealkylation sites (tertiary alicyclic amines) is 1. The highest BCUT2D eigenvalue weighted by atomic mass is 35.5. The molecule has 0 bridgehead atoms. The van der Waals surface area contributed by atoms with E-state index in [9.17, 15) is 0 Å². The summed E-state index contributed by atoms with van der Waals surface area (Å²) >= 11 is 13.6. The average Bonchev–Trinajstić information content (AvgIpc) is 2.55. The molecule has 0 radical (unpaired) electrons. The van der Waals surface area contributed by atoms with Crippen molar-refractivity contribution in [3.63, 3.8) is 0 Å². The van der Waals surface area contributed by atoms with E-state index >= 15 is 0 Å². The first-order chi connectivity index (χ1) is 7.90. The Hall–Kier alpha value is 0.200. The number of piperidine rings is 1. The van der Waals surface area contributed by atoms with Crippen LogP contribution in [0.25, 0.3) is 0 Å². The van der Waals surface area contributed by atoms with Gasteiger partial charge in [-0.25, -0.2) is 0 Å². The van der Waals surface area contributed by atoms with E-state index in [2.05, 4.69) is 18.7 Å². The molecule has 1 aliphatic rings. The normalized spacial score (nSPS) is 25.1. The lowest BCUT2D eigenvalue weighted by Crippen LogP contribution is -2.52. The van der Waals surface area contributed by atoms with Crippen LogP contribution in [0.1, 0.15) is 25.8 Å². The third-order valence-corrected chi connectivity index (χ3v) is 5.45. The van der Waals surface area contributed by atoms with E-state index in [0.29, 0.717) is 15.4 Å². The number of rotatable bonds is 2. The molecule has 1 aliphatic heterocycles. The lowest BCUT2D eigenvalue weighted by Gasteiger charge is -2.42. The molecule has 1 unspecified atom stereocenters. The minimum absolute atomic E-state index is 0.171. The Morgan fingerprint density at radius 2 is 2.24 bits per heavy atom. The molecule has 1 aromatic rings. The van der Waals surface area contributed by atoms with Gasteiger partial charge in [-0.1, -0.05) is 37.0 Å². The van der Waals surface area contributed by atoms with Crippen LogP contribution in [0.15, 0.2) is 5.38 Å². The quantitative estimate of drug-likeness (QED) is 0.902. The van der Waals surface area contributed by atoms with Crippen molar-refractivity contribution in [2.45, 2.75) is 32.9 Å². The SMILES string of the molecule is CC1(C)CN(Cc2csc(Cl)c2Cl)CCC1N. The van der Waals surface area contributed by atoms with Gasteiger partial charge in [0, 0.05) is 25.7 Å². The van der Waals surface area contributed by atoms with Gasteiger partial charge in [0.15, 0.2) is 0 Å². The summed E-state index contributed by atoms with van der Waals surface area (Å²) in [6.45, 7) is 7.38. The summed E-state index contributed by atoms with van der Waals surface area (Å²) in [5, 5.41) is 2.76. The Balaban J connectivity index is 2.03. The van der Waals surface area contributed by atoms with Crippen molar-refractivity contribution in [2.75, 3.05) is 13.1 Å². The van der Waals surface area contributed by atoms with Crippen molar-refractivity contribution in [2.24, 2.45) is 11.1 Å². The zero-order valence-electron chi connectivity index (χ0n) is 10.2. The van der Waals surface area contributed by atoms with Crippen LogP contribution in [0.2, 0.25) is 9.36 Å². The Labute approximate surface area is 117 Å². The van der Waals surface area contributed by atoms with Crippen LogP contribution in [0, 0.1) is 5.41 Å². The van der Waals surface area contributed by atoms with Gasteiger partial charge in [0.25, 0.3) is 0 Å². The number of hydrogen-bond donors (Lipinski definition) is 1. The van der Waals surface area contributed by atoms with Gasteiger partial charge in [-0.3, -0.25) is 4.90 Å². The van der Waals surface area contributed by atoms with Crippen LogP contribution < -0.4 is 5.73 Å². The molecule has 2 nitrogen and oxygen atoms in total. The van der Waals surface area contributed by atoms with Crippen LogP contribution in [0.5, 0.6) is 0 Å². The molecule has 0 amide bonds. The summed E-state index contributed by atoms with van der Waals surface area (Å²) in [4.78, 5) is 2.41. The summed E-state index contributed by atoms with van der Waals surface area (Å²) in [6.07, 6.45) is 1.04. The van der Waals surface area contributed by atoms with Crippen molar-refractivity contribution in [3.8, 4) is 0 Å². The summed E-state index contributed by atoms with van der Waals surface area (Å²) in [5.74, 6) is 0. The number of hydrogen-bond acceptors (Lipinski definition) is 3. The Morgan fingerprint density at radius 3 is 2.76 bits per heavy atom. The Morgan fingerprint density at radius 1 is 1.53 bits per heavy atom. The maximum Gasteiger partial charge on any atom is 0.112 e. The molecule has 0 aliphatic carbocycles. The van der Waals surface area contributed by atoms with Gasteiger partial charge in [0.1, 0.15) is 4.34 Å². The number of nitrogens with two attached hydrogens (primary N) is 1. The highest BCUT2D eigenvalue weighted by Crippen LogP contribution is 2.35. The largest absolute Gasteiger partial charge is 0.327 e. The molecule has 17 heavy (non-hydrogen) atoms. The van der Waals surface area contributed by atoms with Gasteiger partial charge in [-0.05, 0) is 22.8 Å². The molecule has 1 saturated heterocycles. The van der Waals surface area contributed by atoms with Crippen molar-refractivity contribution < 1.29 is 0 Å².